The predicted octanol–water partition coefficient (Wildman–Crippen LogP) is 2.37. The number of aromatic nitrogens is 3. The number of rotatable bonds is 1. The highest BCUT2D eigenvalue weighted by molar-refractivity contribution is 5.80. The number of hydrogen-bond donors (Lipinski definition) is 1. The third-order valence-electron chi connectivity index (χ3n) is 2.75. The van der Waals surface area contributed by atoms with Crippen molar-refractivity contribution in [3.05, 3.63) is 47.7 Å². The minimum Gasteiger partial charge on any atom is -0.337 e. The molecule has 1 N–H and O–H groups in total. The minimum absolute atomic E-state index is 0.506. The second-order valence-electron chi connectivity index (χ2n) is 3.97. The van der Waals surface area contributed by atoms with Crippen molar-refractivity contribution in [3.8, 4) is 23.7 Å². The molecule has 5 heteroatoms. The number of imidazole rings is 1. The van der Waals surface area contributed by atoms with E-state index in [9.17, 15) is 0 Å². The van der Waals surface area contributed by atoms with E-state index in [1.54, 1.807) is 30.3 Å². The third kappa shape index (κ3) is 1.90. The van der Waals surface area contributed by atoms with Crippen LogP contribution in [0, 0.1) is 22.7 Å². The van der Waals surface area contributed by atoms with Crippen molar-refractivity contribution >= 4 is 11.0 Å². The monoisotopic (exact) mass is 245 g/mol. The molecule has 0 aliphatic heterocycles. The van der Waals surface area contributed by atoms with E-state index in [1.165, 1.54) is 6.20 Å². The molecule has 0 amide bonds. The van der Waals surface area contributed by atoms with Gasteiger partial charge in [0.1, 0.15) is 11.8 Å². The van der Waals surface area contributed by atoms with Crippen LogP contribution < -0.4 is 0 Å². The summed E-state index contributed by atoms with van der Waals surface area (Å²) in [6, 6.07) is 12.8. The van der Waals surface area contributed by atoms with E-state index in [2.05, 4.69) is 21.0 Å². The molecule has 3 aromatic rings. The van der Waals surface area contributed by atoms with E-state index in [1.807, 2.05) is 6.07 Å². The van der Waals surface area contributed by atoms with Crippen molar-refractivity contribution in [3.63, 3.8) is 0 Å². The largest absolute Gasteiger partial charge is 0.337 e. The van der Waals surface area contributed by atoms with E-state index in [0.717, 1.165) is 11.0 Å². The van der Waals surface area contributed by atoms with E-state index in [4.69, 9.17) is 10.5 Å². The summed E-state index contributed by atoms with van der Waals surface area (Å²) in [5, 5.41) is 17.6. The molecule has 0 fully saturated rings. The van der Waals surface area contributed by atoms with Crippen molar-refractivity contribution in [1.29, 1.82) is 10.5 Å². The zero-order chi connectivity index (χ0) is 13.2. The third-order valence-corrected chi connectivity index (χ3v) is 2.75. The molecule has 0 saturated carbocycles. The molecule has 0 aliphatic carbocycles. The van der Waals surface area contributed by atoms with E-state index in [0.29, 0.717) is 22.6 Å². The van der Waals surface area contributed by atoms with Crippen LogP contribution in [0.5, 0.6) is 0 Å². The van der Waals surface area contributed by atoms with Crippen molar-refractivity contribution in [2.24, 2.45) is 0 Å². The molecular weight excluding hydrogens is 238 g/mol. The standard InChI is InChI=1S/C14H7N5/c15-6-9-1-3-11-13(5-9)19-14(18-11)12-4-2-10(7-16)8-17-12/h1-5,8H,(H,18,19). The smallest absolute Gasteiger partial charge is 0.157 e. The van der Waals surface area contributed by atoms with Gasteiger partial charge in [0.25, 0.3) is 0 Å². The molecule has 0 radical (unpaired) electrons. The average Bonchev–Trinajstić information content (AvgIpc) is 2.90. The summed E-state index contributed by atoms with van der Waals surface area (Å²) in [7, 11) is 0. The SMILES string of the molecule is N#Cc1ccc(-c2nc3ccc(C#N)cc3[nH]2)nc1. The lowest BCUT2D eigenvalue weighted by molar-refractivity contribution is 1.23. The Kier molecular flexibility index (Phi) is 2.45. The molecule has 3 rings (SSSR count). The molecule has 0 atom stereocenters. The number of fused-ring (bicyclic) bond motifs is 1. The fourth-order valence-corrected chi connectivity index (χ4v) is 1.80. The van der Waals surface area contributed by atoms with Crippen LogP contribution >= 0.6 is 0 Å². The second-order valence-corrected chi connectivity index (χ2v) is 3.97. The van der Waals surface area contributed by atoms with E-state index in [-0.39, 0.29) is 0 Å². The van der Waals surface area contributed by atoms with Gasteiger partial charge in [0, 0.05) is 6.20 Å². The Hall–Kier alpha value is -3.18. The van der Waals surface area contributed by atoms with Gasteiger partial charge < -0.3 is 4.98 Å². The Balaban J connectivity index is 2.10. The van der Waals surface area contributed by atoms with Crippen LogP contribution in [-0.2, 0) is 0 Å². The fourth-order valence-electron chi connectivity index (χ4n) is 1.80. The van der Waals surface area contributed by atoms with E-state index >= 15 is 0 Å². The second kappa shape index (κ2) is 4.25. The van der Waals surface area contributed by atoms with E-state index < -0.39 is 0 Å². The van der Waals surface area contributed by atoms with Gasteiger partial charge in [-0.05, 0) is 30.3 Å². The number of pyridine rings is 1. The van der Waals surface area contributed by atoms with Crippen molar-refractivity contribution < 1.29 is 0 Å². The van der Waals surface area contributed by atoms with Crippen LogP contribution in [0.25, 0.3) is 22.6 Å². The molecule has 0 bridgehead atoms. The maximum absolute atomic E-state index is 8.85. The Morgan fingerprint density at radius 2 is 1.79 bits per heavy atom. The summed E-state index contributed by atoms with van der Waals surface area (Å²) in [5.74, 6) is 0.620. The molecule has 2 heterocycles. The van der Waals surface area contributed by atoms with Gasteiger partial charge in [0.05, 0.1) is 28.2 Å². The first-order valence-electron chi connectivity index (χ1n) is 5.56. The highest BCUT2D eigenvalue weighted by Gasteiger charge is 2.07. The van der Waals surface area contributed by atoms with Crippen LogP contribution in [0.1, 0.15) is 11.1 Å². The van der Waals surface area contributed by atoms with Gasteiger partial charge in [0.15, 0.2) is 5.82 Å². The first kappa shape index (κ1) is 10.9. The molecular formula is C14H7N5. The first-order chi connectivity index (χ1) is 9.30. The van der Waals surface area contributed by atoms with Crippen molar-refractivity contribution in [2.45, 2.75) is 0 Å². The summed E-state index contributed by atoms with van der Waals surface area (Å²) in [6.07, 6.45) is 1.50. The molecule has 19 heavy (non-hydrogen) atoms. The molecule has 2 aromatic heterocycles. The number of nitrogens with one attached hydrogen (secondary N) is 1. The van der Waals surface area contributed by atoms with Crippen LogP contribution in [0.2, 0.25) is 0 Å². The van der Waals surface area contributed by atoms with Gasteiger partial charge in [0.2, 0.25) is 0 Å². The van der Waals surface area contributed by atoms with Crippen LogP contribution in [0.4, 0.5) is 0 Å². The van der Waals surface area contributed by atoms with Gasteiger partial charge in [-0.3, -0.25) is 4.98 Å². The predicted molar refractivity (Wildman–Crippen MR) is 68.8 cm³/mol. The molecule has 88 valence electrons. The minimum atomic E-state index is 0.506. The lowest BCUT2D eigenvalue weighted by Crippen LogP contribution is -1.86. The van der Waals surface area contributed by atoms with Gasteiger partial charge in [-0.15, -0.1) is 0 Å². The van der Waals surface area contributed by atoms with Crippen LogP contribution in [0.3, 0.4) is 0 Å². The molecule has 0 saturated heterocycles. The Labute approximate surface area is 108 Å². The van der Waals surface area contributed by atoms with Gasteiger partial charge in [-0.25, -0.2) is 4.98 Å². The van der Waals surface area contributed by atoms with Crippen LogP contribution in [0.15, 0.2) is 36.5 Å². The molecule has 1 aromatic carbocycles. The number of aromatic amines is 1. The molecule has 0 spiro atoms. The quantitative estimate of drug-likeness (QED) is 0.712. The summed E-state index contributed by atoms with van der Waals surface area (Å²) >= 11 is 0. The summed E-state index contributed by atoms with van der Waals surface area (Å²) in [4.78, 5) is 11.7. The highest BCUT2D eigenvalue weighted by atomic mass is 14.9. The molecule has 0 unspecified atom stereocenters. The lowest BCUT2D eigenvalue weighted by atomic mass is 10.2. The lowest BCUT2D eigenvalue weighted by Gasteiger charge is -1.94. The van der Waals surface area contributed by atoms with Gasteiger partial charge in [-0.2, -0.15) is 10.5 Å². The number of H-pyrrole nitrogens is 1. The number of nitriles is 2. The Morgan fingerprint density at radius 3 is 2.47 bits per heavy atom. The van der Waals surface area contributed by atoms with Crippen LogP contribution in [-0.4, -0.2) is 15.0 Å². The Morgan fingerprint density at radius 1 is 1.00 bits per heavy atom. The maximum atomic E-state index is 8.85. The zero-order valence-corrected chi connectivity index (χ0v) is 9.75. The maximum Gasteiger partial charge on any atom is 0.157 e. The molecule has 5 nitrogen and oxygen atoms in total. The normalized spacial score (nSPS) is 10.0. The summed E-state index contributed by atoms with van der Waals surface area (Å²) < 4.78 is 0. The number of benzene rings is 1. The average molecular weight is 245 g/mol. The molecule has 0 aliphatic rings. The highest BCUT2D eigenvalue weighted by Crippen LogP contribution is 2.19. The first-order valence-corrected chi connectivity index (χ1v) is 5.56. The number of nitrogens with zero attached hydrogens (tertiary/aromatic N) is 4. The van der Waals surface area contributed by atoms with Gasteiger partial charge in [-0.1, -0.05) is 0 Å². The van der Waals surface area contributed by atoms with Gasteiger partial charge >= 0.3 is 0 Å². The topological polar surface area (TPSA) is 89.1 Å². The zero-order valence-electron chi connectivity index (χ0n) is 9.75. The summed E-state index contributed by atoms with van der Waals surface area (Å²) in [6.45, 7) is 0. The van der Waals surface area contributed by atoms with Crippen molar-refractivity contribution in [2.75, 3.05) is 0 Å². The summed E-state index contributed by atoms with van der Waals surface area (Å²) in [5.41, 5.74) is 3.32. The number of hydrogen-bond acceptors (Lipinski definition) is 4. The van der Waals surface area contributed by atoms with Crippen molar-refractivity contribution in [1.82, 2.24) is 15.0 Å². The Bertz CT molecular complexity index is 831. The fraction of sp³-hybridized carbons (Fsp3) is 0.